The third-order valence-electron chi connectivity index (χ3n) is 2.53. The van der Waals surface area contributed by atoms with Gasteiger partial charge in [0.05, 0.1) is 0 Å². The Kier molecular flexibility index (Phi) is 6.00. The van der Waals surface area contributed by atoms with E-state index in [-0.39, 0.29) is 10.1 Å². The van der Waals surface area contributed by atoms with Crippen LogP contribution in [0.2, 0.25) is 0 Å². The minimum Gasteiger partial charge on any atom is -0.489 e. The van der Waals surface area contributed by atoms with Crippen molar-refractivity contribution in [2.75, 3.05) is 6.61 Å². The van der Waals surface area contributed by atoms with Gasteiger partial charge in [-0.05, 0) is 36.0 Å². The van der Waals surface area contributed by atoms with Crippen LogP contribution in [0.4, 0.5) is 0 Å². The number of aromatic nitrogens is 2. The number of halogens is 1. The topological polar surface area (TPSA) is 85.5 Å². The molecule has 0 aliphatic carbocycles. The lowest BCUT2D eigenvalue weighted by atomic mass is 10.2. The smallest absolute Gasteiger partial charge is 0.342 e. The van der Waals surface area contributed by atoms with E-state index in [1.807, 2.05) is 6.07 Å². The largest absolute Gasteiger partial charge is 0.489 e. The number of nitrogens with zero attached hydrogens (tertiary/aromatic N) is 2. The molecule has 2 rings (SSSR count). The molecule has 2 aromatic rings. The molecule has 0 saturated carbocycles. The van der Waals surface area contributed by atoms with E-state index in [1.54, 1.807) is 25.1 Å². The highest BCUT2D eigenvalue weighted by atomic mass is 79.9. The van der Waals surface area contributed by atoms with Crippen molar-refractivity contribution in [3.05, 3.63) is 51.7 Å². The zero-order chi connectivity index (χ0) is 16.8. The summed E-state index contributed by atoms with van der Waals surface area (Å²) in [6.07, 6.45) is 3.11. The number of carbonyl (C=O) groups is 1. The van der Waals surface area contributed by atoms with Crippen molar-refractivity contribution in [2.24, 2.45) is 0 Å². The van der Waals surface area contributed by atoms with E-state index in [2.05, 4.69) is 32.7 Å². The number of rotatable bonds is 7. The third-order valence-corrected chi connectivity index (χ3v) is 3.88. The molecule has 0 unspecified atom stereocenters. The predicted octanol–water partition coefficient (Wildman–Crippen LogP) is 3.92. The van der Waals surface area contributed by atoms with Gasteiger partial charge < -0.3 is 14.3 Å². The van der Waals surface area contributed by atoms with Crippen molar-refractivity contribution in [2.45, 2.75) is 12.1 Å². The lowest BCUT2D eigenvalue weighted by Gasteiger charge is -2.08. The summed E-state index contributed by atoms with van der Waals surface area (Å²) in [6, 6.07) is 5.33. The third kappa shape index (κ3) is 4.97. The second kappa shape index (κ2) is 7.98. The summed E-state index contributed by atoms with van der Waals surface area (Å²) in [5, 5.41) is 17.0. The maximum absolute atomic E-state index is 11.5. The number of carboxylic acids is 1. The van der Waals surface area contributed by atoms with Gasteiger partial charge in [-0.25, -0.2) is 4.79 Å². The average Bonchev–Trinajstić information content (AvgIpc) is 2.91. The van der Waals surface area contributed by atoms with E-state index < -0.39 is 5.97 Å². The predicted molar refractivity (Wildman–Crippen MR) is 90.3 cm³/mol. The molecule has 0 radical (unpaired) electrons. The zero-order valence-corrected chi connectivity index (χ0v) is 14.6. The van der Waals surface area contributed by atoms with Gasteiger partial charge >= 0.3 is 5.97 Å². The molecule has 23 heavy (non-hydrogen) atoms. The lowest BCUT2D eigenvalue weighted by Crippen LogP contribution is -1.99. The summed E-state index contributed by atoms with van der Waals surface area (Å²) in [5.41, 5.74) is 0.613. The zero-order valence-electron chi connectivity index (χ0n) is 12.2. The van der Waals surface area contributed by atoms with Crippen LogP contribution in [0.3, 0.4) is 0 Å². The molecule has 0 spiro atoms. The Morgan fingerprint density at radius 3 is 2.91 bits per heavy atom. The number of carboxylic acid groups (broad SMARTS) is 1. The van der Waals surface area contributed by atoms with Crippen molar-refractivity contribution in [3.63, 3.8) is 0 Å². The molecule has 0 bridgehead atoms. The summed E-state index contributed by atoms with van der Waals surface area (Å²) < 4.78 is 11.5. The fourth-order valence-corrected chi connectivity index (χ4v) is 2.69. The molecule has 1 heterocycles. The summed E-state index contributed by atoms with van der Waals surface area (Å²) in [5.74, 6) is -0.177. The van der Waals surface area contributed by atoms with Gasteiger partial charge in [-0.3, -0.25) is 0 Å². The van der Waals surface area contributed by atoms with E-state index >= 15 is 0 Å². The highest BCUT2D eigenvalue weighted by molar-refractivity contribution is 9.10. The summed E-state index contributed by atoms with van der Waals surface area (Å²) >= 11 is 4.24. The van der Waals surface area contributed by atoms with Gasteiger partial charge in [-0.2, -0.15) is 0 Å². The molecule has 0 saturated heterocycles. The second-order valence-electron chi connectivity index (χ2n) is 4.28. The molecule has 0 aliphatic rings. The van der Waals surface area contributed by atoms with Crippen LogP contribution in [0.15, 0.2) is 49.9 Å². The second-order valence-corrected chi connectivity index (χ2v) is 6.19. The quantitative estimate of drug-likeness (QED) is 0.431. The first-order chi connectivity index (χ1) is 11.0. The molecule has 0 aliphatic heterocycles. The minimum absolute atomic E-state index is 0.0372. The maximum atomic E-state index is 11.5. The van der Waals surface area contributed by atoms with Crippen molar-refractivity contribution in [1.29, 1.82) is 0 Å². The molecule has 120 valence electrons. The molecule has 8 heteroatoms. The van der Waals surface area contributed by atoms with Gasteiger partial charge in [0, 0.05) is 17.0 Å². The van der Waals surface area contributed by atoms with Gasteiger partial charge in [0.1, 0.15) is 17.3 Å². The number of hydrogen-bond donors (Lipinski definition) is 1. The van der Waals surface area contributed by atoms with Crippen LogP contribution in [-0.2, 0) is 4.79 Å². The van der Waals surface area contributed by atoms with E-state index in [4.69, 9.17) is 9.15 Å². The lowest BCUT2D eigenvalue weighted by molar-refractivity contribution is -0.131. The van der Waals surface area contributed by atoms with Crippen LogP contribution >= 0.6 is 27.7 Å². The van der Waals surface area contributed by atoms with E-state index in [9.17, 15) is 9.90 Å². The number of aliphatic carboxylic acids is 1. The van der Waals surface area contributed by atoms with Crippen molar-refractivity contribution in [1.82, 2.24) is 10.2 Å². The van der Waals surface area contributed by atoms with Gasteiger partial charge in [0.25, 0.3) is 5.22 Å². The molecule has 6 nitrogen and oxygen atoms in total. The first-order valence-electron chi connectivity index (χ1n) is 6.46. The normalized spacial score (nSPS) is 11.3. The average molecular weight is 397 g/mol. The van der Waals surface area contributed by atoms with E-state index in [0.29, 0.717) is 23.8 Å². The Labute approximate surface area is 145 Å². The molecular formula is C15H13BrN2O4S. The molecular weight excluding hydrogens is 384 g/mol. The molecule has 0 amide bonds. The monoisotopic (exact) mass is 396 g/mol. The van der Waals surface area contributed by atoms with Crippen LogP contribution in [-0.4, -0.2) is 27.9 Å². The van der Waals surface area contributed by atoms with Crippen LogP contribution in [0, 0.1) is 6.92 Å². The van der Waals surface area contributed by atoms with E-state index in [1.165, 1.54) is 6.08 Å². The summed E-state index contributed by atoms with van der Waals surface area (Å²) in [7, 11) is 0. The van der Waals surface area contributed by atoms with Crippen LogP contribution < -0.4 is 4.74 Å². The first-order valence-corrected chi connectivity index (χ1v) is 8.06. The van der Waals surface area contributed by atoms with Crippen LogP contribution in [0.25, 0.3) is 6.08 Å². The van der Waals surface area contributed by atoms with Crippen molar-refractivity contribution in [3.8, 4) is 5.75 Å². The molecule has 0 atom stereocenters. The Hall–Kier alpha value is -2.06. The van der Waals surface area contributed by atoms with Crippen molar-refractivity contribution < 1.29 is 19.1 Å². The Bertz CT molecular complexity index is 758. The fourth-order valence-electron chi connectivity index (χ4n) is 1.60. The molecule has 0 fully saturated rings. The standard InChI is InChI=1S/C15H13BrN2O4S/c1-3-6-21-12-5-4-11(16)7-10(12)8-13(14(19)20)23-15-18-17-9(2)22-15/h3-5,7-8H,1,6H2,2H3,(H,19,20)/b13-8-. The van der Waals surface area contributed by atoms with Gasteiger partial charge in [0.2, 0.25) is 5.89 Å². The van der Waals surface area contributed by atoms with Crippen LogP contribution in [0.5, 0.6) is 5.75 Å². The highest BCUT2D eigenvalue weighted by Crippen LogP contribution is 2.31. The Morgan fingerprint density at radius 2 is 2.30 bits per heavy atom. The fraction of sp³-hybridized carbons (Fsp3) is 0.133. The van der Waals surface area contributed by atoms with Crippen LogP contribution in [0.1, 0.15) is 11.5 Å². The number of ether oxygens (including phenoxy) is 1. The SMILES string of the molecule is C=CCOc1ccc(Br)cc1/C=C(\Sc1nnc(C)o1)C(=O)O. The Morgan fingerprint density at radius 1 is 1.52 bits per heavy atom. The number of thioether (sulfide) groups is 1. The van der Waals surface area contributed by atoms with Gasteiger partial charge in [-0.1, -0.05) is 28.6 Å². The highest BCUT2D eigenvalue weighted by Gasteiger charge is 2.15. The molecule has 1 aromatic carbocycles. The van der Waals surface area contributed by atoms with Gasteiger partial charge in [-0.15, -0.1) is 10.2 Å². The maximum Gasteiger partial charge on any atom is 0.342 e. The summed E-state index contributed by atoms with van der Waals surface area (Å²) in [6.45, 7) is 5.55. The number of benzene rings is 1. The Balaban J connectivity index is 2.36. The summed E-state index contributed by atoms with van der Waals surface area (Å²) in [4.78, 5) is 11.5. The molecule has 1 N–H and O–H groups in total. The number of aryl methyl sites for hydroxylation is 1. The number of hydrogen-bond acceptors (Lipinski definition) is 6. The van der Waals surface area contributed by atoms with Gasteiger partial charge in [0.15, 0.2) is 0 Å². The van der Waals surface area contributed by atoms with Crippen molar-refractivity contribution >= 4 is 39.7 Å². The first kappa shape index (κ1) is 17.3. The minimum atomic E-state index is -1.10. The van der Waals surface area contributed by atoms with E-state index in [0.717, 1.165) is 16.2 Å². The molecule has 1 aromatic heterocycles.